The van der Waals surface area contributed by atoms with Crippen molar-refractivity contribution in [2.75, 3.05) is 6.54 Å². The van der Waals surface area contributed by atoms with Crippen LogP contribution in [-0.4, -0.2) is 12.6 Å². The molecule has 0 radical (unpaired) electrons. The summed E-state index contributed by atoms with van der Waals surface area (Å²) in [6.07, 6.45) is 9.44. The van der Waals surface area contributed by atoms with Crippen LogP contribution in [0.25, 0.3) is 0 Å². The second-order valence-electron chi connectivity index (χ2n) is 3.88. The van der Waals surface area contributed by atoms with E-state index in [4.69, 9.17) is 6.42 Å². The van der Waals surface area contributed by atoms with Crippen LogP contribution in [0.1, 0.15) is 33.1 Å². The minimum atomic E-state index is 0.319. The van der Waals surface area contributed by atoms with Crippen LogP contribution in [0.3, 0.4) is 0 Å². The quantitative estimate of drug-likeness (QED) is 0.631. The molecule has 1 saturated carbocycles. The van der Waals surface area contributed by atoms with Gasteiger partial charge in [-0.1, -0.05) is 26.2 Å². The first-order valence-electron chi connectivity index (χ1n) is 4.97. The predicted octanol–water partition coefficient (Wildman–Crippen LogP) is 2.03. The van der Waals surface area contributed by atoms with E-state index in [1.165, 1.54) is 19.3 Å². The highest BCUT2D eigenvalue weighted by Crippen LogP contribution is 2.32. The maximum Gasteiger partial charge on any atom is 0.0715 e. The Kier molecular flexibility index (Phi) is 3.62. The Bertz CT molecular complexity index is 168. The van der Waals surface area contributed by atoms with Crippen LogP contribution in [-0.2, 0) is 0 Å². The van der Waals surface area contributed by atoms with Gasteiger partial charge in [-0.2, -0.15) is 0 Å². The van der Waals surface area contributed by atoms with Gasteiger partial charge in [0.05, 0.1) is 6.04 Å². The molecule has 0 aromatic rings. The molecular weight excluding hydrogens is 146 g/mol. The number of hydrogen-bond acceptors (Lipinski definition) is 1. The fourth-order valence-electron chi connectivity index (χ4n) is 2.14. The highest BCUT2D eigenvalue weighted by Gasteiger charge is 2.26. The van der Waals surface area contributed by atoms with E-state index in [2.05, 4.69) is 25.1 Å². The molecule has 1 rings (SSSR count). The number of nitrogens with one attached hydrogen (secondary N) is 1. The van der Waals surface area contributed by atoms with Gasteiger partial charge in [0.15, 0.2) is 0 Å². The first-order valence-corrected chi connectivity index (χ1v) is 4.97. The fourth-order valence-corrected chi connectivity index (χ4v) is 2.14. The smallest absolute Gasteiger partial charge is 0.0715 e. The molecular formula is C11H19N. The lowest BCUT2D eigenvalue weighted by atomic mass is 9.97. The Balaban J connectivity index is 2.40. The average molecular weight is 165 g/mol. The lowest BCUT2D eigenvalue weighted by molar-refractivity contribution is 0.419. The molecule has 12 heavy (non-hydrogen) atoms. The van der Waals surface area contributed by atoms with Gasteiger partial charge in [0, 0.05) is 0 Å². The zero-order chi connectivity index (χ0) is 8.97. The average Bonchev–Trinajstić information content (AvgIpc) is 2.47. The van der Waals surface area contributed by atoms with Crippen molar-refractivity contribution in [3.8, 4) is 12.3 Å². The van der Waals surface area contributed by atoms with E-state index in [1.54, 1.807) is 0 Å². The molecule has 0 saturated heterocycles. The Labute approximate surface area is 75.9 Å². The monoisotopic (exact) mass is 165 g/mol. The van der Waals surface area contributed by atoms with Crippen LogP contribution in [0.15, 0.2) is 0 Å². The number of rotatable bonds is 3. The molecule has 0 aromatic heterocycles. The van der Waals surface area contributed by atoms with Gasteiger partial charge in [0.1, 0.15) is 0 Å². The Morgan fingerprint density at radius 1 is 1.58 bits per heavy atom. The van der Waals surface area contributed by atoms with E-state index in [9.17, 15) is 0 Å². The summed E-state index contributed by atoms with van der Waals surface area (Å²) in [6.45, 7) is 5.42. The molecule has 1 aliphatic rings. The SMILES string of the molecule is C#CC(NCC)C1CCC(C)C1. The van der Waals surface area contributed by atoms with E-state index in [0.29, 0.717) is 6.04 Å². The van der Waals surface area contributed by atoms with Crippen LogP contribution in [0, 0.1) is 24.2 Å². The zero-order valence-electron chi connectivity index (χ0n) is 8.14. The Morgan fingerprint density at radius 3 is 2.75 bits per heavy atom. The zero-order valence-corrected chi connectivity index (χ0v) is 8.14. The molecule has 1 heteroatoms. The molecule has 0 aliphatic heterocycles. The third kappa shape index (κ3) is 2.25. The molecule has 0 amide bonds. The second-order valence-corrected chi connectivity index (χ2v) is 3.88. The topological polar surface area (TPSA) is 12.0 Å². The fraction of sp³-hybridized carbons (Fsp3) is 0.818. The molecule has 3 atom stereocenters. The molecule has 1 aliphatic carbocycles. The maximum absolute atomic E-state index is 5.47. The van der Waals surface area contributed by atoms with Crippen molar-refractivity contribution in [2.24, 2.45) is 11.8 Å². The van der Waals surface area contributed by atoms with Crippen molar-refractivity contribution in [3.63, 3.8) is 0 Å². The normalized spacial score (nSPS) is 31.4. The highest BCUT2D eigenvalue weighted by molar-refractivity contribution is 5.03. The molecule has 1 N–H and O–H groups in total. The van der Waals surface area contributed by atoms with Gasteiger partial charge in [-0.05, 0) is 31.2 Å². The van der Waals surface area contributed by atoms with Crippen molar-refractivity contribution in [1.29, 1.82) is 0 Å². The molecule has 0 aromatic carbocycles. The second kappa shape index (κ2) is 4.52. The maximum atomic E-state index is 5.47. The number of hydrogen-bond donors (Lipinski definition) is 1. The summed E-state index contributed by atoms with van der Waals surface area (Å²) in [5.74, 6) is 4.46. The van der Waals surface area contributed by atoms with Gasteiger partial charge in [0.2, 0.25) is 0 Å². The molecule has 3 unspecified atom stereocenters. The van der Waals surface area contributed by atoms with Gasteiger partial charge in [0.25, 0.3) is 0 Å². The van der Waals surface area contributed by atoms with Crippen LogP contribution in [0.2, 0.25) is 0 Å². The van der Waals surface area contributed by atoms with Gasteiger partial charge < -0.3 is 5.32 Å². The predicted molar refractivity (Wildman–Crippen MR) is 52.8 cm³/mol. The third-order valence-corrected chi connectivity index (χ3v) is 2.81. The third-order valence-electron chi connectivity index (χ3n) is 2.81. The van der Waals surface area contributed by atoms with Crippen LogP contribution >= 0.6 is 0 Å². The van der Waals surface area contributed by atoms with Crippen molar-refractivity contribution in [2.45, 2.75) is 39.2 Å². The standard InChI is InChI=1S/C11H19N/c1-4-11(12-5-2)10-7-6-9(3)8-10/h1,9-12H,5-8H2,2-3H3. The van der Waals surface area contributed by atoms with Crippen LogP contribution in [0.5, 0.6) is 0 Å². The summed E-state index contributed by atoms with van der Waals surface area (Å²) in [7, 11) is 0. The van der Waals surface area contributed by atoms with Crippen molar-refractivity contribution in [3.05, 3.63) is 0 Å². The number of terminal acetylenes is 1. The van der Waals surface area contributed by atoms with Crippen LogP contribution in [0.4, 0.5) is 0 Å². The largest absolute Gasteiger partial charge is 0.304 e. The van der Waals surface area contributed by atoms with E-state index < -0.39 is 0 Å². The Hall–Kier alpha value is -0.480. The molecule has 1 fully saturated rings. The molecule has 0 bridgehead atoms. The van der Waals surface area contributed by atoms with E-state index in [-0.39, 0.29) is 0 Å². The van der Waals surface area contributed by atoms with Gasteiger partial charge in [-0.25, -0.2) is 0 Å². The lowest BCUT2D eigenvalue weighted by Crippen LogP contribution is -2.33. The minimum Gasteiger partial charge on any atom is -0.304 e. The first-order chi connectivity index (χ1) is 5.77. The molecule has 0 heterocycles. The highest BCUT2D eigenvalue weighted by atomic mass is 14.9. The van der Waals surface area contributed by atoms with Gasteiger partial charge in [-0.3, -0.25) is 0 Å². The minimum absolute atomic E-state index is 0.319. The van der Waals surface area contributed by atoms with E-state index >= 15 is 0 Å². The van der Waals surface area contributed by atoms with E-state index in [0.717, 1.165) is 18.4 Å². The summed E-state index contributed by atoms with van der Waals surface area (Å²) < 4.78 is 0. The van der Waals surface area contributed by atoms with Crippen LogP contribution < -0.4 is 5.32 Å². The Morgan fingerprint density at radius 2 is 2.33 bits per heavy atom. The lowest BCUT2D eigenvalue weighted by Gasteiger charge is -2.18. The summed E-state index contributed by atoms with van der Waals surface area (Å²) in [4.78, 5) is 0. The van der Waals surface area contributed by atoms with Crippen molar-refractivity contribution in [1.82, 2.24) is 5.32 Å². The summed E-state index contributed by atoms with van der Waals surface area (Å²) >= 11 is 0. The summed E-state index contributed by atoms with van der Waals surface area (Å²) in [5, 5.41) is 3.36. The first kappa shape index (κ1) is 9.61. The summed E-state index contributed by atoms with van der Waals surface area (Å²) in [6, 6.07) is 0.319. The van der Waals surface area contributed by atoms with Gasteiger partial charge >= 0.3 is 0 Å². The molecule has 68 valence electrons. The molecule has 0 spiro atoms. The summed E-state index contributed by atoms with van der Waals surface area (Å²) in [5.41, 5.74) is 0. The van der Waals surface area contributed by atoms with Gasteiger partial charge in [-0.15, -0.1) is 6.42 Å². The van der Waals surface area contributed by atoms with E-state index in [1.807, 2.05) is 0 Å². The van der Waals surface area contributed by atoms with Crippen molar-refractivity contribution >= 4 is 0 Å². The molecule has 1 nitrogen and oxygen atoms in total. The van der Waals surface area contributed by atoms with Crippen molar-refractivity contribution < 1.29 is 0 Å².